The molecule has 148 valence electrons. The Morgan fingerprint density at radius 3 is 2.66 bits per heavy atom. The summed E-state index contributed by atoms with van der Waals surface area (Å²) >= 11 is -2.91. The predicted octanol–water partition coefficient (Wildman–Crippen LogP) is 2.84. The second-order valence-electron chi connectivity index (χ2n) is 7.70. The zero-order valence-electron chi connectivity index (χ0n) is 16.7. The van der Waals surface area contributed by atoms with E-state index >= 15 is 0 Å². The third-order valence-electron chi connectivity index (χ3n) is 5.47. The molecule has 1 amide bonds. The first-order valence-electron chi connectivity index (χ1n) is 10.0. The zero-order chi connectivity index (χ0) is 20.5. The van der Waals surface area contributed by atoms with Gasteiger partial charge in [-0.15, -0.1) is 0 Å². The average molecular weight is 495 g/mol. The summed E-state index contributed by atoms with van der Waals surface area (Å²) in [5, 5.41) is 3.40. The van der Waals surface area contributed by atoms with Crippen molar-refractivity contribution in [3.63, 3.8) is 0 Å². The molecule has 3 aromatic rings. The summed E-state index contributed by atoms with van der Waals surface area (Å²) in [6, 6.07) is 11.9. The van der Waals surface area contributed by atoms with Crippen molar-refractivity contribution in [2.24, 2.45) is 0 Å². The van der Waals surface area contributed by atoms with E-state index in [2.05, 4.69) is 12.2 Å². The number of nitrogens with one attached hydrogen (secondary N) is 1. The Balaban J connectivity index is 1.74. The molecule has 1 aromatic heterocycles. The molecule has 0 spiro atoms. The molecular formula is C23H24N2O3Sn. The van der Waals surface area contributed by atoms with Gasteiger partial charge in [0.1, 0.15) is 0 Å². The van der Waals surface area contributed by atoms with Gasteiger partial charge in [0.25, 0.3) is 0 Å². The first-order valence-corrected chi connectivity index (χ1v) is 14.7. The van der Waals surface area contributed by atoms with Gasteiger partial charge in [-0.25, -0.2) is 0 Å². The molecule has 6 heteroatoms. The van der Waals surface area contributed by atoms with Crippen LogP contribution in [0.15, 0.2) is 47.4 Å². The molecule has 0 atom stereocenters. The Morgan fingerprint density at radius 1 is 1.17 bits per heavy atom. The predicted molar refractivity (Wildman–Crippen MR) is 115 cm³/mol. The van der Waals surface area contributed by atoms with E-state index in [1.54, 1.807) is 6.20 Å². The summed E-state index contributed by atoms with van der Waals surface area (Å²) in [5.41, 5.74) is 3.85. The molecule has 0 aliphatic carbocycles. The SMILES string of the molecule is CCCc1c[c]2c3c(c1)c(=O)c(C(=O)NCc1ccc(C)cc1)cn3C[CH2][Sn]2=[O]. The van der Waals surface area contributed by atoms with Crippen molar-refractivity contribution in [3.05, 3.63) is 75.1 Å². The van der Waals surface area contributed by atoms with Crippen molar-refractivity contribution in [2.45, 2.75) is 44.2 Å². The topological polar surface area (TPSA) is 68.2 Å². The van der Waals surface area contributed by atoms with E-state index in [9.17, 15) is 12.7 Å². The standard InChI is InChI=1S/C23H24N2O2.O.Sn/c1-4-6-17-11-12-21-19(13-17)22(26)20(15-25(21)5-2)23(27)24-14-18-9-7-16(3)8-10-18;;/h7-11,13,15H,2,4-6,14H2,1,3H3,(H,24,27);;. The van der Waals surface area contributed by atoms with Crippen LogP contribution in [0.4, 0.5) is 0 Å². The van der Waals surface area contributed by atoms with Crippen LogP contribution < -0.4 is 14.3 Å². The average Bonchev–Trinajstić information content (AvgIpc) is 2.72. The molecule has 0 bridgehead atoms. The number of carbonyl (C=O) groups excluding carboxylic acids is 1. The van der Waals surface area contributed by atoms with Crippen LogP contribution in [-0.2, 0) is 22.6 Å². The Bertz CT molecular complexity index is 1180. The minimum atomic E-state index is -2.91. The fourth-order valence-electron chi connectivity index (χ4n) is 3.92. The van der Waals surface area contributed by atoms with Crippen LogP contribution in [0.5, 0.6) is 0 Å². The maximum absolute atomic E-state index is 13.2. The van der Waals surface area contributed by atoms with Crippen molar-refractivity contribution in [3.8, 4) is 0 Å². The van der Waals surface area contributed by atoms with Crippen LogP contribution in [0.25, 0.3) is 10.9 Å². The summed E-state index contributed by atoms with van der Waals surface area (Å²) in [7, 11) is 0. The van der Waals surface area contributed by atoms with Crippen molar-refractivity contribution in [1.82, 2.24) is 9.88 Å². The monoisotopic (exact) mass is 496 g/mol. The second kappa shape index (κ2) is 8.22. The third kappa shape index (κ3) is 3.92. The molecule has 29 heavy (non-hydrogen) atoms. The number of pyridine rings is 1. The van der Waals surface area contributed by atoms with Crippen LogP contribution >= 0.6 is 0 Å². The van der Waals surface area contributed by atoms with Crippen LogP contribution in [0, 0.1) is 6.92 Å². The van der Waals surface area contributed by atoms with Crippen LogP contribution in [0.3, 0.4) is 0 Å². The van der Waals surface area contributed by atoms with Crippen molar-refractivity contribution in [2.75, 3.05) is 0 Å². The third-order valence-corrected chi connectivity index (χ3v) is 10.2. The molecule has 5 nitrogen and oxygen atoms in total. The van der Waals surface area contributed by atoms with E-state index in [-0.39, 0.29) is 16.9 Å². The van der Waals surface area contributed by atoms with Gasteiger partial charge in [-0.05, 0) is 6.92 Å². The Labute approximate surface area is 176 Å². The van der Waals surface area contributed by atoms with Crippen molar-refractivity contribution >= 4 is 40.1 Å². The van der Waals surface area contributed by atoms with E-state index < -0.39 is 19.7 Å². The van der Waals surface area contributed by atoms with Crippen LogP contribution in [-0.4, -0.2) is 30.2 Å². The number of carbonyl (C=O) groups is 1. The number of benzene rings is 2. The number of aryl methyl sites for hydroxylation is 3. The van der Waals surface area contributed by atoms with E-state index in [1.807, 2.05) is 47.9 Å². The van der Waals surface area contributed by atoms with Gasteiger partial charge in [0.2, 0.25) is 0 Å². The summed E-state index contributed by atoms with van der Waals surface area (Å²) in [5.74, 6) is -0.366. The van der Waals surface area contributed by atoms with Gasteiger partial charge in [-0.3, -0.25) is 0 Å². The molecule has 1 N–H and O–H groups in total. The molecule has 4 rings (SSSR count). The van der Waals surface area contributed by atoms with E-state index in [4.69, 9.17) is 0 Å². The number of hydrogen-bond donors (Lipinski definition) is 1. The van der Waals surface area contributed by atoms with E-state index in [0.717, 1.165) is 38.6 Å². The Morgan fingerprint density at radius 2 is 1.93 bits per heavy atom. The van der Waals surface area contributed by atoms with Gasteiger partial charge in [0.05, 0.1) is 0 Å². The zero-order valence-corrected chi connectivity index (χ0v) is 19.6. The van der Waals surface area contributed by atoms with Crippen LogP contribution in [0.1, 0.15) is 40.4 Å². The number of hydrogen-bond acceptors (Lipinski definition) is 3. The molecular weight excluding hydrogens is 471 g/mol. The molecule has 0 saturated carbocycles. The molecule has 0 radical (unpaired) electrons. The fraction of sp³-hybridized carbons (Fsp3) is 0.304. The Kier molecular flexibility index (Phi) is 5.67. The number of rotatable bonds is 5. The minimum absolute atomic E-state index is 0.155. The van der Waals surface area contributed by atoms with Gasteiger partial charge >= 0.3 is 170 Å². The second-order valence-corrected chi connectivity index (χ2v) is 13.1. The molecule has 2 heterocycles. The van der Waals surface area contributed by atoms with Gasteiger partial charge in [-0.2, -0.15) is 0 Å². The van der Waals surface area contributed by atoms with Crippen molar-refractivity contribution < 1.29 is 7.87 Å². The normalized spacial score (nSPS) is 13.0. The fourth-order valence-corrected chi connectivity index (χ4v) is 8.50. The molecule has 0 fully saturated rings. The van der Waals surface area contributed by atoms with Crippen molar-refractivity contribution in [1.29, 1.82) is 0 Å². The van der Waals surface area contributed by atoms with Gasteiger partial charge in [-0.1, -0.05) is 0 Å². The van der Waals surface area contributed by atoms with Gasteiger partial charge in [0.15, 0.2) is 0 Å². The summed E-state index contributed by atoms with van der Waals surface area (Å²) in [6.45, 7) is 5.07. The molecule has 0 saturated heterocycles. The van der Waals surface area contributed by atoms with Gasteiger partial charge < -0.3 is 0 Å². The molecule has 0 unspecified atom stereocenters. The Hall–Kier alpha value is -2.28. The summed E-state index contributed by atoms with van der Waals surface area (Å²) in [6.07, 6.45) is 3.43. The molecule has 1 aliphatic rings. The number of aromatic nitrogens is 1. The number of amides is 1. The summed E-state index contributed by atoms with van der Waals surface area (Å²) in [4.78, 5) is 26.0. The van der Waals surface area contributed by atoms with E-state index in [0.29, 0.717) is 22.9 Å². The molecule has 2 aromatic carbocycles. The maximum atomic E-state index is 13.2. The first kappa shape index (κ1) is 20.0. The summed E-state index contributed by atoms with van der Waals surface area (Å²) < 4.78 is 16.2. The van der Waals surface area contributed by atoms with Gasteiger partial charge in [0, 0.05) is 0 Å². The van der Waals surface area contributed by atoms with E-state index in [1.165, 1.54) is 0 Å². The quantitative estimate of drug-likeness (QED) is 0.554. The van der Waals surface area contributed by atoms with Crippen LogP contribution in [0.2, 0.25) is 4.44 Å². The molecule has 1 aliphatic heterocycles. The first-order chi connectivity index (χ1) is 14.0. The number of nitrogens with zero attached hydrogens (tertiary/aromatic N) is 1.